The molecule has 5 heterocycles. The van der Waals surface area contributed by atoms with Crippen molar-refractivity contribution in [2.75, 3.05) is 11.5 Å². The molecule has 32 heavy (non-hydrogen) atoms. The number of rotatable bonds is 4. The molecule has 1 fully saturated rings. The molecule has 0 radical (unpaired) electrons. The third-order valence-electron chi connectivity index (χ3n) is 5.51. The minimum Gasteiger partial charge on any atom is -0.489 e. The summed E-state index contributed by atoms with van der Waals surface area (Å²) in [5.41, 5.74) is 3.14. The van der Waals surface area contributed by atoms with Crippen molar-refractivity contribution in [2.45, 2.75) is 18.7 Å². The van der Waals surface area contributed by atoms with Crippen molar-refractivity contribution in [3.63, 3.8) is 0 Å². The number of tetrazole rings is 1. The number of hydrogen-bond acceptors (Lipinski definition) is 9. The summed E-state index contributed by atoms with van der Waals surface area (Å²) < 4.78 is 13.3. The first kappa shape index (κ1) is 18.4. The van der Waals surface area contributed by atoms with E-state index in [0.717, 1.165) is 11.1 Å². The van der Waals surface area contributed by atoms with Crippen molar-refractivity contribution in [1.82, 2.24) is 40.2 Å². The van der Waals surface area contributed by atoms with Crippen molar-refractivity contribution in [3.8, 4) is 28.4 Å². The van der Waals surface area contributed by atoms with Crippen LogP contribution in [-0.4, -0.2) is 65.0 Å². The van der Waals surface area contributed by atoms with Crippen molar-refractivity contribution in [3.05, 3.63) is 48.9 Å². The molecule has 0 spiro atoms. The summed E-state index contributed by atoms with van der Waals surface area (Å²) in [7, 11) is 1.70. The van der Waals surface area contributed by atoms with Gasteiger partial charge >= 0.3 is 6.09 Å². The third kappa shape index (κ3) is 3.04. The Hall–Kier alpha value is -4.35. The highest BCUT2D eigenvalue weighted by Crippen LogP contribution is 2.41. The number of hydrogen-bond donors (Lipinski definition) is 0. The molecule has 1 aromatic carbocycles. The first-order chi connectivity index (χ1) is 15.7. The molecule has 160 valence electrons. The van der Waals surface area contributed by atoms with Crippen LogP contribution in [0.1, 0.15) is 0 Å². The SMILES string of the molecule is Cn1nnc(-c2ccc(-c3ccc4c(c3)OC[C@H]3[C@H](Cn5ccnn5)OC(=O)N43)cn2)n1. The second-order valence-corrected chi connectivity index (χ2v) is 7.51. The van der Waals surface area contributed by atoms with Crippen molar-refractivity contribution < 1.29 is 14.3 Å². The lowest BCUT2D eigenvalue weighted by atomic mass is 10.0. The van der Waals surface area contributed by atoms with Gasteiger partial charge in [-0.05, 0) is 29.0 Å². The van der Waals surface area contributed by atoms with Crippen LogP contribution in [0.2, 0.25) is 0 Å². The van der Waals surface area contributed by atoms with E-state index >= 15 is 0 Å². The second kappa shape index (κ2) is 7.11. The molecule has 3 aromatic heterocycles. The van der Waals surface area contributed by atoms with Crippen LogP contribution in [0.4, 0.5) is 10.5 Å². The van der Waals surface area contributed by atoms with E-state index in [0.29, 0.717) is 36.1 Å². The zero-order chi connectivity index (χ0) is 21.7. The average Bonchev–Trinajstić information content (AvgIpc) is 3.55. The lowest BCUT2D eigenvalue weighted by Crippen LogP contribution is -2.45. The lowest BCUT2D eigenvalue weighted by molar-refractivity contribution is 0.106. The fourth-order valence-corrected chi connectivity index (χ4v) is 3.97. The predicted octanol–water partition coefficient (Wildman–Crippen LogP) is 1.32. The maximum absolute atomic E-state index is 12.6. The van der Waals surface area contributed by atoms with Gasteiger partial charge in [0.05, 0.1) is 25.5 Å². The maximum atomic E-state index is 12.6. The second-order valence-electron chi connectivity index (χ2n) is 7.51. The normalized spacial score (nSPS) is 19.3. The van der Waals surface area contributed by atoms with Crippen LogP contribution in [-0.2, 0) is 18.3 Å². The average molecular weight is 431 g/mol. The van der Waals surface area contributed by atoms with Gasteiger partial charge in [0.2, 0.25) is 5.82 Å². The summed E-state index contributed by atoms with van der Waals surface area (Å²) in [5.74, 6) is 1.09. The number of carbonyl (C=O) groups excluding carboxylic acids is 1. The standard InChI is InChI=1S/C20H17N9O3/c1-27-24-19(23-26-27)14-4-2-13(9-21-14)12-3-5-15-17(8-12)31-11-16-18(32-20(30)29(15)16)10-28-7-6-22-25-28/h2-9,16,18H,10-11H2,1H3/t16-,18-/m0/s1. The Morgan fingerprint density at radius 3 is 2.81 bits per heavy atom. The number of nitrogens with zero attached hydrogens (tertiary/aromatic N) is 9. The summed E-state index contributed by atoms with van der Waals surface area (Å²) in [6, 6.07) is 9.25. The molecule has 2 atom stereocenters. The van der Waals surface area contributed by atoms with Crippen LogP contribution >= 0.6 is 0 Å². The Kier molecular flexibility index (Phi) is 4.09. The number of amides is 1. The van der Waals surface area contributed by atoms with Crippen LogP contribution < -0.4 is 9.64 Å². The van der Waals surface area contributed by atoms with Gasteiger partial charge in [0, 0.05) is 18.0 Å². The monoisotopic (exact) mass is 431 g/mol. The van der Waals surface area contributed by atoms with Crippen LogP contribution in [0.5, 0.6) is 5.75 Å². The minimum atomic E-state index is -0.389. The van der Waals surface area contributed by atoms with Gasteiger partial charge in [-0.25, -0.2) is 9.48 Å². The van der Waals surface area contributed by atoms with Crippen LogP contribution in [0.15, 0.2) is 48.9 Å². The molecule has 4 aromatic rings. The molecular formula is C20H17N9O3. The molecule has 2 aliphatic rings. The van der Waals surface area contributed by atoms with Gasteiger partial charge in [-0.3, -0.25) is 9.88 Å². The number of carbonyl (C=O) groups is 1. The Balaban J connectivity index is 1.26. The molecule has 1 amide bonds. The number of ether oxygens (including phenoxy) is 2. The van der Waals surface area contributed by atoms with Gasteiger partial charge in [-0.2, -0.15) is 4.80 Å². The maximum Gasteiger partial charge on any atom is 0.415 e. The van der Waals surface area contributed by atoms with E-state index in [4.69, 9.17) is 9.47 Å². The zero-order valence-corrected chi connectivity index (χ0v) is 16.9. The molecule has 12 nitrogen and oxygen atoms in total. The quantitative estimate of drug-likeness (QED) is 0.470. The zero-order valence-electron chi connectivity index (χ0n) is 16.9. The third-order valence-corrected chi connectivity index (χ3v) is 5.51. The van der Waals surface area contributed by atoms with Gasteiger partial charge in [-0.15, -0.1) is 15.3 Å². The number of benzene rings is 1. The van der Waals surface area contributed by atoms with Gasteiger partial charge in [0.25, 0.3) is 0 Å². The summed E-state index contributed by atoms with van der Waals surface area (Å²) in [4.78, 5) is 20.1. The molecule has 12 heteroatoms. The predicted molar refractivity (Wildman–Crippen MR) is 110 cm³/mol. The van der Waals surface area contributed by atoms with Crippen LogP contribution in [0.3, 0.4) is 0 Å². The van der Waals surface area contributed by atoms with Gasteiger partial charge in [0.1, 0.15) is 30.2 Å². The highest BCUT2D eigenvalue weighted by molar-refractivity contribution is 5.94. The van der Waals surface area contributed by atoms with Gasteiger partial charge in [-0.1, -0.05) is 17.3 Å². The van der Waals surface area contributed by atoms with E-state index in [1.54, 1.807) is 35.2 Å². The molecule has 1 saturated heterocycles. The first-order valence-corrected chi connectivity index (χ1v) is 9.97. The van der Waals surface area contributed by atoms with E-state index in [9.17, 15) is 4.79 Å². The number of pyridine rings is 1. The fourth-order valence-electron chi connectivity index (χ4n) is 3.97. The molecule has 0 bridgehead atoms. The highest BCUT2D eigenvalue weighted by Gasteiger charge is 2.46. The van der Waals surface area contributed by atoms with Crippen molar-refractivity contribution >= 4 is 11.8 Å². The van der Waals surface area contributed by atoms with Crippen molar-refractivity contribution in [1.29, 1.82) is 0 Å². The molecule has 0 unspecified atom stereocenters. The van der Waals surface area contributed by atoms with Crippen LogP contribution in [0, 0.1) is 0 Å². The Labute approximate surface area is 181 Å². The molecule has 0 N–H and O–H groups in total. The molecular weight excluding hydrogens is 414 g/mol. The topological polar surface area (TPSA) is 126 Å². The Morgan fingerprint density at radius 2 is 2.06 bits per heavy atom. The summed E-state index contributed by atoms with van der Waals surface area (Å²) in [6.07, 6.45) is 4.31. The smallest absolute Gasteiger partial charge is 0.415 e. The van der Waals surface area contributed by atoms with E-state index < -0.39 is 0 Å². The van der Waals surface area contributed by atoms with E-state index in [1.165, 1.54) is 4.80 Å². The largest absolute Gasteiger partial charge is 0.489 e. The van der Waals surface area contributed by atoms with E-state index in [1.807, 2.05) is 30.3 Å². The van der Waals surface area contributed by atoms with Gasteiger partial charge in [0.15, 0.2) is 0 Å². The molecule has 6 rings (SSSR count). The Bertz CT molecular complexity index is 1290. The van der Waals surface area contributed by atoms with Gasteiger partial charge < -0.3 is 9.47 Å². The summed E-state index contributed by atoms with van der Waals surface area (Å²) in [6.45, 7) is 0.749. The fraction of sp³-hybridized carbons (Fsp3) is 0.250. The summed E-state index contributed by atoms with van der Waals surface area (Å²) >= 11 is 0. The number of aryl methyl sites for hydroxylation is 1. The number of anilines is 1. The Morgan fingerprint density at radius 1 is 1.16 bits per heavy atom. The number of fused-ring (bicyclic) bond motifs is 3. The number of cyclic esters (lactones) is 1. The van der Waals surface area contributed by atoms with Crippen LogP contribution in [0.25, 0.3) is 22.6 Å². The minimum absolute atomic E-state index is 0.231. The summed E-state index contributed by atoms with van der Waals surface area (Å²) in [5, 5.41) is 19.7. The molecule has 2 aliphatic heterocycles. The molecule has 0 aliphatic carbocycles. The molecule has 0 saturated carbocycles. The number of aromatic nitrogens is 8. The van der Waals surface area contributed by atoms with E-state index in [-0.39, 0.29) is 18.2 Å². The first-order valence-electron chi connectivity index (χ1n) is 9.97. The van der Waals surface area contributed by atoms with Crippen molar-refractivity contribution in [2.24, 2.45) is 7.05 Å². The van der Waals surface area contributed by atoms with E-state index in [2.05, 4.69) is 30.7 Å². The lowest BCUT2D eigenvalue weighted by Gasteiger charge is -2.31. The highest BCUT2D eigenvalue weighted by atomic mass is 16.6.